The standard InChI is InChI=1S/C17H21N5O2S/c1-17(2,3)13-10-25-15(22-13)11(9-18)12-5-7-19-16(21-12)20-8-6-14(23)24-4/h5,7,10-11H,6,8H2,1-4H3,(H,19,20,21). The van der Waals surface area contributed by atoms with Crippen LogP contribution >= 0.6 is 11.3 Å². The number of ether oxygens (including phenoxy) is 1. The van der Waals surface area contributed by atoms with Crippen LogP contribution < -0.4 is 5.32 Å². The predicted molar refractivity (Wildman–Crippen MR) is 95.4 cm³/mol. The molecule has 132 valence electrons. The van der Waals surface area contributed by atoms with Crippen molar-refractivity contribution in [1.82, 2.24) is 15.0 Å². The molecule has 1 N–H and O–H groups in total. The Labute approximate surface area is 151 Å². The van der Waals surface area contributed by atoms with Gasteiger partial charge in [-0.3, -0.25) is 4.79 Å². The van der Waals surface area contributed by atoms with Crippen molar-refractivity contribution in [3.63, 3.8) is 0 Å². The molecule has 0 radical (unpaired) electrons. The zero-order valence-corrected chi connectivity index (χ0v) is 15.6. The lowest BCUT2D eigenvalue weighted by atomic mass is 9.93. The van der Waals surface area contributed by atoms with Crippen LogP contribution in [0, 0.1) is 11.3 Å². The van der Waals surface area contributed by atoms with E-state index in [1.165, 1.54) is 18.4 Å². The summed E-state index contributed by atoms with van der Waals surface area (Å²) < 4.78 is 4.59. The lowest BCUT2D eigenvalue weighted by Gasteiger charge is -2.14. The molecule has 8 heteroatoms. The summed E-state index contributed by atoms with van der Waals surface area (Å²) in [6.45, 7) is 6.61. The van der Waals surface area contributed by atoms with Gasteiger partial charge in [0, 0.05) is 23.5 Å². The summed E-state index contributed by atoms with van der Waals surface area (Å²) >= 11 is 1.46. The molecule has 1 atom stereocenters. The molecule has 0 aliphatic rings. The Morgan fingerprint density at radius 3 is 2.80 bits per heavy atom. The van der Waals surface area contributed by atoms with Crippen molar-refractivity contribution in [3.8, 4) is 6.07 Å². The van der Waals surface area contributed by atoms with Crippen LogP contribution in [0.4, 0.5) is 5.95 Å². The number of esters is 1. The van der Waals surface area contributed by atoms with E-state index in [0.29, 0.717) is 23.2 Å². The molecule has 2 aromatic heterocycles. The predicted octanol–water partition coefficient (Wildman–Crippen LogP) is 2.86. The van der Waals surface area contributed by atoms with Gasteiger partial charge in [0.25, 0.3) is 0 Å². The SMILES string of the molecule is COC(=O)CCNc1nccc(C(C#N)c2nc(C(C)(C)C)cs2)n1. The smallest absolute Gasteiger partial charge is 0.307 e. The van der Waals surface area contributed by atoms with E-state index >= 15 is 0 Å². The lowest BCUT2D eigenvalue weighted by Crippen LogP contribution is -2.13. The molecule has 1 unspecified atom stereocenters. The van der Waals surface area contributed by atoms with E-state index in [-0.39, 0.29) is 17.8 Å². The number of anilines is 1. The fourth-order valence-electron chi connectivity index (χ4n) is 2.01. The van der Waals surface area contributed by atoms with Crippen LogP contribution in [0.3, 0.4) is 0 Å². The maximum atomic E-state index is 11.1. The average Bonchev–Trinajstić information content (AvgIpc) is 3.06. The largest absolute Gasteiger partial charge is 0.469 e. The fraction of sp³-hybridized carbons (Fsp3) is 0.471. The second-order valence-electron chi connectivity index (χ2n) is 6.44. The van der Waals surface area contributed by atoms with Gasteiger partial charge in [-0.1, -0.05) is 20.8 Å². The highest BCUT2D eigenvalue weighted by Crippen LogP contribution is 2.30. The Kier molecular flexibility index (Phi) is 6.04. The first-order chi connectivity index (χ1) is 11.8. The Morgan fingerprint density at radius 1 is 1.44 bits per heavy atom. The number of nitrogens with zero attached hydrogens (tertiary/aromatic N) is 4. The van der Waals surface area contributed by atoms with Crippen LogP contribution in [0.15, 0.2) is 17.6 Å². The van der Waals surface area contributed by atoms with E-state index in [4.69, 9.17) is 0 Å². The molecule has 2 heterocycles. The quantitative estimate of drug-likeness (QED) is 0.791. The molecule has 0 spiro atoms. The van der Waals surface area contributed by atoms with Gasteiger partial charge in [-0.2, -0.15) is 5.26 Å². The Morgan fingerprint density at radius 2 is 2.20 bits per heavy atom. The van der Waals surface area contributed by atoms with Crippen molar-refractivity contribution in [2.45, 2.75) is 38.5 Å². The lowest BCUT2D eigenvalue weighted by molar-refractivity contribution is -0.140. The minimum Gasteiger partial charge on any atom is -0.469 e. The number of methoxy groups -OCH3 is 1. The Balaban J connectivity index is 2.16. The van der Waals surface area contributed by atoms with E-state index in [2.05, 4.69) is 51.8 Å². The summed E-state index contributed by atoms with van der Waals surface area (Å²) in [6.07, 6.45) is 1.80. The second kappa shape index (κ2) is 8.03. The maximum Gasteiger partial charge on any atom is 0.307 e. The zero-order valence-electron chi connectivity index (χ0n) is 14.7. The second-order valence-corrected chi connectivity index (χ2v) is 7.33. The summed E-state index contributed by atoms with van der Waals surface area (Å²) in [5, 5.41) is 15.2. The van der Waals surface area contributed by atoms with Crippen molar-refractivity contribution in [1.29, 1.82) is 5.26 Å². The molecule has 0 amide bonds. The van der Waals surface area contributed by atoms with Crippen LogP contribution in [0.1, 0.15) is 49.5 Å². The molecule has 0 bridgehead atoms. The number of aromatic nitrogens is 3. The first kappa shape index (κ1) is 18.8. The van der Waals surface area contributed by atoms with Gasteiger partial charge in [-0.15, -0.1) is 11.3 Å². The van der Waals surface area contributed by atoms with Crippen LogP contribution in [0.2, 0.25) is 0 Å². The number of carbonyl (C=O) groups is 1. The molecule has 0 aliphatic heterocycles. The first-order valence-corrected chi connectivity index (χ1v) is 8.72. The fourth-order valence-corrected chi connectivity index (χ4v) is 3.11. The molecular weight excluding hydrogens is 338 g/mol. The summed E-state index contributed by atoms with van der Waals surface area (Å²) in [6, 6.07) is 3.97. The van der Waals surface area contributed by atoms with Gasteiger partial charge in [0.05, 0.1) is 31.0 Å². The highest BCUT2D eigenvalue weighted by molar-refractivity contribution is 7.09. The van der Waals surface area contributed by atoms with Crippen molar-refractivity contribution in [2.24, 2.45) is 0 Å². The van der Waals surface area contributed by atoms with Gasteiger partial charge in [0.2, 0.25) is 5.95 Å². The van der Waals surface area contributed by atoms with Gasteiger partial charge < -0.3 is 10.1 Å². The minimum atomic E-state index is -0.551. The summed E-state index contributed by atoms with van der Waals surface area (Å²) in [5.74, 6) is -0.490. The number of nitriles is 1. The third-order valence-corrected chi connectivity index (χ3v) is 4.39. The third-order valence-electron chi connectivity index (χ3n) is 3.48. The van der Waals surface area contributed by atoms with Crippen LogP contribution in [0.5, 0.6) is 0 Å². The molecule has 0 saturated carbocycles. The Hall–Kier alpha value is -2.53. The van der Waals surface area contributed by atoms with Crippen LogP contribution in [0.25, 0.3) is 0 Å². The van der Waals surface area contributed by atoms with E-state index in [0.717, 1.165) is 5.69 Å². The van der Waals surface area contributed by atoms with E-state index in [1.54, 1.807) is 12.3 Å². The number of nitrogens with one attached hydrogen (secondary N) is 1. The summed E-state index contributed by atoms with van der Waals surface area (Å²) in [5.41, 5.74) is 1.47. The first-order valence-electron chi connectivity index (χ1n) is 7.84. The highest BCUT2D eigenvalue weighted by Gasteiger charge is 2.23. The van der Waals surface area contributed by atoms with Gasteiger partial charge in [0.1, 0.15) is 10.9 Å². The monoisotopic (exact) mass is 359 g/mol. The molecule has 0 aliphatic carbocycles. The van der Waals surface area contributed by atoms with Crippen LogP contribution in [-0.4, -0.2) is 34.6 Å². The average molecular weight is 359 g/mol. The maximum absolute atomic E-state index is 11.1. The number of hydrogen-bond acceptors (Lipinski definition) is 8. The zero-order chi connectivity index (χ0) is 18.4. The summed E-state index contributed by atoms with van der Waals surface area (Å²) in [7, 11) is 1.34. The minimum absolute atomic E-state index is 0.0684. The molecule has 2 aromatic rings. The van der Waals surface area contributed by atoms with Crippen molar-refractivity contribution in [2.75, 3.05) is 19.0 Å². The van der Waals surface area contributed by atoms with Crippen molar-refractivity contribution in [3.05, 3.63) is 34.0 Å². The van der Waals surface area contributed by atoms with E-state index in [1.807, 2.05) is 5.38 Å². The van der Waals surface area contributed by atoms with Crippen LogP contribution in [-0.2, 0) is 14.9 Å². The molecule has 0 saturated heterocycles. The topological polar surface area (TPSA) is 101 Å². The van der Waals surface area contributed by atoms with E-state index in [9.17, 15) is 10.1 Å². The van der Waals surface area contributed by atoms with Crippen molar-refractivity contribution >= 4 is 23.3 Å². The number of hydrogen-bond donors (Lipinski definition) is 1. The number of carbonyl (C=O) groups excluding carboxylic acids is 1. The summed E-state index contributed by atoms with van der Waals surface area (Å²) in [4.78, 5) is 24.2. The third kappa shape index (κ3) is 4.97. The Bertz CT molecular complexity index is 776. The molecule has 2 rings (SSSR count). The van der Waals surface area contributed by atoms with Gasteiger partial charge in [0.15, 0.2) is 0 Å². The molecular formula is C17H21N5O2S. The van der Waals surface area contributed by atoms with Gasteiger partial charge in [-0.05, 0) is 6.07 Å². The van der Waals surface area contributed by atoms with E-state index < -0.39 is 5.92 Å². The highest BCUT2D eigenvalue weighted by atomic mass is 32.1. The van der Waals surface area contributed by atoms with Gasteiger partial charge >= 0.3 is 5.97 Å². The normalized spacial score (nSPS) is 12.3. The molecule has 25 heavy (non-hydrogen) atoms. The molecule has 7 nitrogen and oxygen atoms in total. The number of rotatable bonds is 6. The van der Waals surface area contributed by atoms with Crippen molar-refractivity contribution < 1.29 is 9.53 Å². The molecule has 0 aromatic carbocycles. The number of thiazole rings is 1. The molecule has 0 fully saturated rings. The van der Waals surface area contributed by atoms with Gasteiger partial charge in [-0.25, -0.2) is 15.0 Å².